The van der Waals surface area contributed by atoms with Crippen molar-refractivity contribution >= 4 is 58.0 Å². The molecule has 41 heavy (non-hydrogen) atoms. The van der Waals surface area contributed by atoms with Crippen molar-refractivity contribution in [3.8, 4) is 0 Å². The zero-order valence-corrected chi connectivity index (χ0v) is 24.5. The van der Waals surface area contributed by atoms with Crippen LogP contribution in [0.3, 0.4) is 0 Å². The van der Waals surface area contributed by atoms with Crippen molar-refractivity contribution in [3.63, 3.8) is 0 Å². The molecule has 3 heterocycles. The Morgan fingerprint density at radius 3 is 2.20 bits per heavy atom. The van der Waals surface area contributed by atoms with Crippen molar-refractivity contribution in [2.24, 2.45) is 11.7 Å². The summed E-state index contributed by atoms with van der Waals surface area (Å²) >= 11 is 18.9. The summed E-state index contributed by atoms with van der Waals surface area (Å²) in [6.07, 6.45) is 2.15. The van der Waals surface area contributed by atoms with Gasteiger partial charge < -0.3 is 20.6 Å². The predicted octanol–water partition coefficient (Wildman–Crippen LogP) is 5.06. The van der Waals surface area contributed by atoms with Crippen molar-refractivity contribution in [2.75, 3.05) is 37.7 Å². The van der Waals surface area contributed by atoms with Gasteiger partial charge in [0, 0.05) is 59.7 Å². The van der Waals surface area contributed by atoms with Gasteiger partial charge in [0.1, 0.15) is 5.54 Å². The molecule has 2 amide bonds. The van der Waals surface area contributed by atoms with E-state index in [0.717, 1.165) is 5.69 Å². The number of anilines is 1. The van der Waals surface area contributed by atoms with Gasteiger partial charge in [0.15, 0.2) is 0 Å². The monoisotopic (exact) mass is 626 g/mol. The molecule has 2 saturated heterocycles. The highest BCUT2D eigenvalue weighted by Crippen LogP contribution is 2.44. The summed E-state index contributed by atoms with van der Waals surface area (Å²) in [6.45, 7) is -0.220. The number of carbonyl (C=O) groups excluding carboxylic acids is 2. The lowest BCUT2D eigenvalue weighted by atomic mass is 9.84. The lowest BCUT2D eigenvalue weighted by Crippen LogP contribution is -2.63. The van der Waals surface area contributed by atoms with Gasteiger partial charge in [-0.1, -0.05) is 34.8 Å². The van der Waals surface area contributed by atoms with Gasteiger partial charge in [0.2, 0.25) is 11.8 Å². The summed E-state index contributed by atoms with van der Waals surface area (Å²) in [5.41, 5.74) is 6.68. The van der Waals surface area contributed by atoms with Crippen LogP contribution in [0.5, 0.6) is 0 Å². The quantitative estimate of drug-likeness (QED) is 0.448. The van der Waals surface area contributed by atoms with Gasteiger partial charge in [0.05, 0.1) is 23.5 Å². The molecule has 0 radical (unpaired) electrons. The fourth-order valence-corrected chi connectivity index (χ4v) is 6.99. The molecule has 0 bridgehead atoms. The van der Waals surface area contributed by atoms with E-state index in [1.54, 1.807) is 35.2 Å². The molecule has 0 aliphatic carbocycles. The lowest BCUT2D eigenvalue weighted by molar-refractivity contribution is -0.143. The molecular formula is C29H31Cl3F2N4O3. The molecule has 0 saturated carbocycles. The number of likely N-dealkylation sites (tertiary alicyclic amines) is 2. The van der Waals surface area contributed by atoms with Crippen molar-refractivity contribution in [3.05, 3.63) is 69.2 Å². The standard InChI is InChI=1S/C29H31Cl3F2N4O3/c30-18-1-4-20(5-2-18)38-24(7-14-39)22(16-25(38)21-6-3-19(31)15-23(21)32)26(40)36-11-8-28(9-12-36,27(35)41)37-13-10-29(33,34)17-37/h1-6,15-16,22,24,39H,7-14,17H2,(H2,35,41). The fraction of sp³-hybridized carbons (Fsp3) is 0.448. The molecule has 2 aromatic carbocycles. The van der Waals surface area contributed by atoms with Crippen molar-refractivity contribution in [2.45, 2.75) is 43.2 Å². The lowest BCUT2D eigenvalue weighted by Gasteiger charge is -2.45. The fourth-order valence-electron chi connectivity index (χ4n) is 6.35. The van der Waals surface area contributed by atoms with E-state index in [2.05, 4.69) is 0 Å². The number of aliphatic hydroxyl groups is 1. The Kier molecular flexibility index (Phi) is 8.56. The second-order valence-electron chi connectivity index (χ2n) is 10.9. The highest BCUT2D eigenvalue weighted by molar-refractivity contribution is 6.36. The number of aliphatic hydroxyl groups excluding tert-OH is 1. The molecule has 0 spiro atoms. The Morgan fingerprint density at radius 2 is 1.63 bits per heavy atom. The van der Waals surface area contributed by atoms with Gasteiger partial charge in [0.25, 0.3) is 5.92 Å². The zero-order chi connectivity index (χ0) is 29.5. The predicted molar refractivity (Wildman–Crippen MR) is 156 cm³/mol. The van der Waals surface area contributed by atoms with Gasteiger partial charge in [-0.15, -0.1) is 0 Å². The molecule has 2 fully saturated rings. The second-order valence-corrected chi connectivity index (χ2v) is 12.2. The Balaban J connectivity index is 1.45. The zero-order valence-electron chi connectivity index (χ0n) is 22.2. The minimum Gasteiger partial charge on any atom is -0.396 e. The number of benzene rings is 2. The summed E-state index contributed by atoms with van der Waals surface area (Å²) in [5, 5.41) is 11.5. The van der Waals surface area contributed by atoms with E-state index in [1.165, 1.54) is 4.90 Å². The van der Waals surface area contributed by atoms with E-state index in [-0.39, 0.29) is 57.8 Å². The summed E-state index contributed by atoms with van der Waals surface area (Å²) in [4.78, 5) is 31.8. The van der Waals surface area contributed by atoms with Crippen molar-refractivity contribution < 1.29 is 23.5 Å². The Hall–Kier alpha value is -2.43. The number of amides is 2. The summed E-state index contributed by atoms with van der Waals surface area (Å²) in [5.74, 6) is -4.36. The molecule has 2 aromatic rings. The summed E-state index contributed by atoms with van der Waals surface area (Å²) in [7, 11) is 0. The van der Waals surface area contributed by atoms with Gasteiger partial charge in [-0.3, -0.25) is 14.5 Å². The van der Waals surface area contributed by atoms with Crippen LogP contribution in [-0.4, -0.2) is 77.0 Å². The van der Waals surface area contributed by atoms with Crippen LogP contribution >= 0.6 is 34.8 Å². The van der Waals surface area contributed by atoms with Gasteiger partial charge >= 0.3 is 0 Å². The van der Waals surface area contributed by atoms with Crippen LogP contribution in [0.25, 0.3) is 5.70 Å². The topological polar surface area (TPSA) is 90.1 Å². The van der Waals surface area contributed by atoms with Crippen LogP contribution in [0.2, 0.25) is 15.1 Å². The van der Waals surface area contributed by atoms with E-state index in [0.29, 0.717) is 26.3 Å². The normalized spacial score (nSPS) is 24.0. The maximum atomic E-state index is 14.1. The number of hydrogen-bond donors (Lipinski definition) is 2. The Morgan fingerprint density at radius 1 is 0.976 bits per heavy atom. The largest absolute Gasteiger partial charge is 0.396 e. The molecule has 3 aliphatic rings. The number of alkyl halides is 2. The third-order valence-corrected chi connectivity index (χ3v) is 9.30. The number of halogens is 5. The van der Waals surface area contributed by atoms with Crippen LogP contribution in [0.1, 0.15) is 31.2 Å². The summed E-state index contributed by atoms with van der Waals surface area (Å²) in [6, 6.07) is 11.9. The van der Waals surface area contributed by atoms with Crippen molar-refractivity contribution in [1.82, 2.24) is 9.80 Å². The van der Waals surface area contributed by atoms with Crippen LogP contribution in [-0.2, 0) is 9.59 Å². The van der Waals surface area contributed by atoms with Gasteiger partial charge in [-0.25, -0.2) is 8.78 Å². The first kappa shape index (κ1) is 30.0. The molecule has 3 aliphatic heterocycles. The first-order chi connectivity index (χ1) is 19.5. The highest BCUT2D eigenvalue weighted by atomic mass is 35.5. The Bertz CT molecular complexity index is 1350. The number of piperidine rings is 1. The summed E-state index contributed by atoms with van der Waals surface area (Å²) < 4.78 is 28.0. The molecule has 5 rings (SSSR count). The maximum absolute atomic E-state index is 14.1. The van der Waals surface area contributed by atoms with E-state index in [9.17, 15) is 23.5 Å². The van der Waals surface area contributed by atoms with Gasteiger partial charge in [-0.2, -0.15) is 0 Å². The first-order valence-electron chi connectivity index (χ1n) is 13.5. The molecule has 7 nitrogen and oxygen atoms in total. The number of carbonyl (C=O) groups is 2. The number of hydrogen-bond acceptors (Lipinski definition) is 5. The molecule has 12 heteroatoms. The third kappa shape index (κ3) is 5.79. The Labute approximate surface area is 252 Å². The first-order valence-corrected chi connectivity index (χ1v) is 14.6. The minimum absolute atomic E-state index is 0.0785. The SMILES string of the molecule is NC(=O)C1(N2CCC(F)(F)C2)CCN(C(=O)C2C=C(c3ccc(Cl)cc3Cl)N(c3ccc(Cl)cc3)C2CCO)CC1. The van der Waals surface area contributed by atoms with Gasteiger partial charge in [-0.05, 0) is 67.8 Å². The average molecular weight is 628 g/mol. The smallest absolute Gasteiger partial charge is 0.261 e. The van der Waals surface area contributed by atoms with Crippen LogP contribution in [0.15, 0.2) is 48.5 Å². The molecule has 0 aromatic heterocycles. The van der Waals surface area contributed by atoms with E-state index >= 15 is 0 Å². The van der Waals surface area contributed by atoms with Crippen molar-refractivity contribution in [1.29, 1.82) is 0 Å². The third-order valence-electron chi connectivity index (χ3n) is 8.50. The van der Waals surface area contributed by atoms with E-state index in [1.807, 2.05) is 23.1 Å². The molecule has 2 atom stereocenters. The molecule has 2 unspecified atom stereocenters. The van der Waals surface area contributed by atoms with Crippen LogP contribution in [0.4, 0.5) is 14.5 Å². The number of rotatable bonds is 7. The van der Waals surface area contributed by atoms with Crippen LogP contribution < -0.4 is 10.6 Å². The minimum atomic E-state index is -2.87. The molecule has 3 N–H and O–H groups in total. The second kappa shape index (κ2) is 11.7. The van der Waals surface area contributed by atoms with E-state index in [4.69, 9.17) is 40.5 Å². The van der Waals surface area contributed by atoms with Crippen LogP contribution in [0, 0.1) is 5.92 Å². The highest BCUT2D eigenvalue weighted by Gasteiger charge is 2.53. The van der Waals surface area contributed by atoms with E-state index < -0.39 is 35.9 Å². The number of nitrogens with zero attached hydrogens (tertiary/aromatic N) is 3. The average Bonchev–Trinajstić information content (AvgIpc) is 3.49. The molecule has 220 valence electrons. The number of primary amides is 1. The maximum Gasteiger partial charge on any atom is 0.261 e. The molecular weight excluding hydrogens is 597 g/mol. The number of nitrogens with two attached hydrogens (primary N) is 1.